The first kappa shape index (κ1) is 17.4. The first-order valence-corrected chi connectivity index (χ1v) is 11.1. The van der Waals surface area contributed by atoms with E-state index in [0.717, 1.165) is 32.5 Å². The molecule has 3 saturated carbocycles. The van der Waals surface area contributed by atoms with Gasteiger partial charge in [0.2, 0.25) is 0 Å². The number of aliphatic hydroxyl groups excluding tert-OH is 1. The Balaban J connectivity index is 1.27. The second-order valence-corrected chi connectivity index (χ2v) is 11.4. The average Bonchev–Trinajstić information content (AvgIpc) is 3.39. The third-order valence-electron chi connectivity index (χ3n) is 9.07. The molecule has 0 aromatic heterocycles. The molecule has 8 atom stereocenters. The summed E-state index contributed by atoms with van der Waals surface area (Å²) in [6.07, 6.45) is 9.51. The van der Waals surface area contributed by atoms with E-state index < -0.39 is 5.79 Å². The van der Waals surface area contributed by atoms with Crippen molar-refractivity contribution in [1.29, 1.82) is 0 Å². The third-order valence-corrected chi connectivity index (χ3v) is 9.07. The Morgan fingerprint density at radius 3 is 2.59 bits per heavy atom. The highest BCUT2D eigenvalue weighted by atomic mass is 16.8. The molecule has 150 valence electrons. The topological polar surface area (TPSA) is 51.2 Å². The highest BCUT2D eigenvalue weighted by Crippen LogP contribution is 2.64. The lowest BCUT2D eigenvalue weighted by molar-refractivity contribution is -0.318. The summed E-state index contributed by atoms with van der Waals surface area (Å²) in [4.78, 5) is 0. The first-order valence-electron chi connectivity index (χ1n) is 11.1. The Kier molecular flexibility index (Phi) is 3.48. The maximum atomic E-state index is 10.6. The molecule has 0 bridgehead atoms. The van der Waals surface area contributed by atoms with E-state index >= 15 is 0 Å². The summed E-state index contributed by atoms with van der Waals surface area (Å²) in [6, 6.07) is 0. The van der Waals surface area contributed by atoms with Gasteiger partial charge in [0, 0.05) is 23.2 Å². The number of ether oxygens (including phenoxy) is 3. The van der Waals surface area contributed by atoms with Crippen LogP contribution < -0.4 is 0 Å². The van der Waals surface area contributed by atoms with Gasteiger partial charge >= 0.3 is 0 Å². The smallest absolute Gasteiger partial charge is 0.197 e. The molecule has 0 aromatic carbocycles. The fraction of sp³-hybridized carbons (Fsp3) is 0.913. The van der Waals surface area contributed by atoms with Crippen LogP contribution in [0.2, 0.25) is 0 Å². The van der Waals surface area contributed by atoms with Crippen molar-refractivity contribution in [3.63, 3.8) is 0 Å². The van der Waals surface area contributed by atoms with Crippen LogP contribution in [0.3, 0.4) is 0 Å². The lowest BCUT2D eigenvalue weighted by Gasteiger charge is -2.53. The van der Waals surface area contributed by atoms with Gasteiger partial charge in [-0.05, 0) is 49.9 Å². The maximum Gasteiger partial charge on any atom is 0.197 e. The Bertz CT molecular complexity index is 674. The number of aliphatic hydroxyl groups is 1. The van der Waals surface area contributed by atoms with Crippen molar-refractivity contribution in [3.05, 3.63) is 11.6 Å². The van der Waals surface area contributed by atoms with Crippen molar-refractivity contribution in [3.8, 4) is 0 Å². The molecule has 1 spiro atoms. The van der Waals surface area contributed by atoms with E-state index in [0.29, 0.717) is 23.7 Å². The van der Waals surface area contributed by atoms with Crippen LogP contribution in [0.15, 0.2) is 11.6 Å². The van der Waals surface area contributed by atoms with Crippen molar-refractivity contribution in [2.75, 3.05) is 13.2 Å². The van der Waals surface area contributed by atoms with Gasteiger partial charge in [-0.3, -0.25) is 0 Å². The van der Waals surface area contributed by atoms with Crippen molar-refractivity contribution < 1.29 is 19.3 Å². The number of epoxide rings is 1. The second kappa shape index (κ2) is 5.38. The maximum absolute atomic E-state index is 10.6. The van der Waals surface area contributed by atoms with Crippen molar-refractivity contribution in [2.45, 2.75) is 83.4 Å². The van der Waals surface area contributed by atoms with Crippen molar-refractivity contribution in [1.82, 2.24) is 0 Å². The number of fused-ring (bicyclic) bond motifs is 8. The predicted molar refractivity (Wildman–Crippen MR) is 101 cm³/mol. The summed E-state index contributed by atoms with van der Waals surface area (Å²) >= 11 is 0. The second-order valence-electron chi connectivity index (χ2n) is 11.4. The van der Waals surface area contributed by atoms with Crippen LogP contribution in [0.5, 0.6) is 0 Å². The van der Waals surface area contributed by atoms with E-state index in [9.17, 15) is 5.11 Å². The van der Waals surface area contributed by atoms with E-state index in [4.69, 9.17) is 14.2 Å². The summed E-state index contributed by atoms with van der Waals surface area (Å²) in [5.41, 5.74) is 1.87. The molecule has 4 heteroatoms. The summed E-state index contributed by atoms with van der Waals surface area (Å²) < 4.78 is 19.0. The standard InChI is InChI=1S/C23H34O4/c1-21(2)11-25-23(26-12-21)10-13-4-5-14-15(18(13)19-20(23)27-19)8-9-22(3)16(14)6-7-17(22)24/h8,13-14,16-20,24H,4-7,9-12H2,1-3H3/t13?,14-,16+,17+,18+,19?,20?,22+/m1/s1. The molecule has 0 radical (unpaired) electrons. The Morgan fingerprint density at radius 1 is 1.04 bits per heavy atom. The molecule has 27 heavy (non-hydrogen) atoms. The molecule has 6 aliphatic rings. The van der Waals surface area contributed by atoms with Crippen molar-refractivity contribution >= 4 is 0 Å². The highest BCUT2D eigenvalue weighted by Gasteiger charge is 2.69. The van der Waals surface area contributed by atoms with E-state index in [1.807, 2.05) is 0 Å². The fourth-order valence-electron chi connectivity index (χ4n) is 7.43. The van der Waals surface area contributed by atoms with Gasteiger partial charge in [0.05, 0.1) is 25.4 Å². The van der Waals surface area contributed by atoms with E-state index in [2.05, 4.69) is 26.8 Å². The SMILES string of the molecule is CC1(C)COC2(CC3CC[C@@H]4C(=CC[C@]5(C)[C@@H](O)CC[C@@H]45)[C@H]3C3OC32)OC1. The Hall–Kier alpha value is -0.420. The van der Waals surface area contributed by atoms with Gasteiger partial charge in [-0.1, -0.05) is 32.4 Å². The molecule has 4 nitrogen and oxygen atoms in total. The van der Waals surface area contributed by atoms with Crippen LogP contribution >= 0.6 is 0 Å². The van der Waals surface area contributed by atoms with Crippen LogP contribution in [-0.2, 0) is 14.2 Å². The van der Waals surface area contributed by atoms with E-state index in [1.165, 1.54) is 19.3 Å². The number of rotatable bonds is 0. The zero-order valence-corrected chi connectivity index (χ0v) is 16.9. The van der Waals surface area contributed by atoms with Crippen LogP contribution in [-0.4, -0.2) is 42.4 Å². The number of hydrogen-bond acceptors (Lipinski definition) is 4. The van der Waals surface area contributed by atoms with Gasteiger partial charge in [-0.25, -0.2) is 0 Å². The van der Waals surface area contributed by atoms with Crippen LogP contribution in [0.4, 0.5) is 0 Å². The Morgan fingerprint density at radius 2 is 1.81 bits per heavy atom. The average molecular weight is 375 g/mol. The van der Waals surface area contributed by atoms with Crippen LogP contribution in [0.25, 0.3) is 0 Å². The molecule has 4 aliphatic carbocycles. The lowest BCUT2D eigenvalue weighted by Crippen LogP contribution is -2.57. The molecule has 2 saturated heterocycles. The van der Waals surface area contributed by atoms with Gasteiger partial charge in [0.1, 0.15) is 6.10 Å². The van der Waals surface area contributed by atoms with Crippen LogP contribution in [0.1, 0.15) is 59.3 Å². The number of allylic oxidation sites excluding steroid dienone is 1. The molecule has 1 N–H and O–H groups in total. The molecular formula is C23H34O4. The molecule has 2 aliphatic heterocycles. The summed E-state index contributed by atoms with van der Waals surface area (Å²) in [5.74, 6) is 2.01. The molecule has 2 heterocycles. The molecular weight excluding hydrogens is 340 g/mol. The first-order chi connectivity index (χ1) is 12.8. The minimum absolute atomic E-state index is 0.0991. The highest BCUT2D eigenvalue weighted by molar-refractivity contribution is 5.29. The fourth-order valence-corrected chi connectivity index (χ4v) is 7.43. The molecule has 0 amide bonds. The summed E-state index contributed by atoms with van der Waals surface area (Å²) in [7, 11) is 0. The summed E-state index contributed by atoms with van der Waals surface area (Å²) in [6.45, 7) is 8.28. The van der Waals surface area contributed by atoms with Gasteiger partial charge in [-0.15, -0.1) is 0 Å². The third kappa shape index (κ3) is 2.30. The Labute approximate surface area is 162 Å². The summed E-state index contributed by atoms with van der Waals surface area (Å²) in [5, 5.41) is 10.6. The lowest BCUT2D eigenvalue weighted by atomic mass is 9.54. The predicted octanol–water partition coefficient (Wildman–Crippen LogP) is 3.68. The van der Waals surface area contributed by atoms with Gasteiger partial charge < -0.3 is 19.3 Å². The zero-order chi connectivity index (χ0) is 18.6. The minimum Gasteiger partial charge on any atom is -0.393 e. The minimum atomic E-state index is -0.485. The van der Waals surface area contributed by atoms with E-state index in [1.54, 1.807) is 5.57 Å². The van der Waals surface area contributed by atoms with Gasteiger partial charge in [-0.2, -0.15) is 0 Å². The number of hydrogen-bond donors (Lipinski definition) is 1. The quantitative estimate of drug-likeness (QED) is 0.519. The monoisotopic (exact) mass is 374 g/mol. The molecule has 3 unspecified atom stereocenters. The zero-order valence-electron chi connectivity index (χ0n) is 16.9. The normalized spacial score (nSPS) is 54.4. The molecule has 6 rings (SSSR count). The molecule has 0 aromatic rings. The largest absolute Gasteiger partial charge is 0.393 e. The van der Waals surface area contributed by atoms with Crippen LogP contribution in [0, 0.1) is 34.5 Å². The van der Waals surface area contributed by atoms with Gasteiger partial charge in [0.25, 0.3) is 0 Å². The van der Waals surface area contributed by atoms with Crippen molar-refractivity contribution in [2.24, 2.45) is 34.5 Å². The molecule has 5 fully saturated rings. The van der Waals surface area contributed by atoms with E-state index in [-0.39, 0.29) is 29.1 Å². The van der Waals surface area contributed by atoms with Gasteiger partial charge in [0.15, 0.2) is 5.79 Å².